The maximum Gasteiger partial charge on any atom is 0.140 e. The van der Waals surface area contributed by atoms with Gasteiger partial charge in [-0.15, -0.1) is 11.3 Å². The summed E-state index contributed by atoms with van der Waals surface area (Å²) in [6, 6.07) is 2.23. The fourth-order valence-electron chi connectivity index (χ4n) is 2.03. The van der Waals surface area contributed by atoms with Gasteiger partial charge in [0.2, 0.25) is 0 Å². The van der Waals surface area contributed by atoms with E-state index in [0.29, 0.717) is 0 Å². The molecule has 0 fully saturated rings. The molecule has 2 aromatic heterocycles. The third-order valence-corrected chi connectivity index (χ3v) is 4.31. The number of anilines is 1. The van der Waals surface area contributed by atoms with Crippen molar-refractivity contribution >= 4 is 27.4 Å². The van der Waals surface area contributed by atoms with E-state index in [1.807, 2.05) is 0 Å². The highest BCUT2D eigenvalue weighted by atomic mass is 32.1. The van der Waals surface area contributed by atoms with Gasteiger partial charge in [0, 0.05) is 25.0 Å². The lowest BCUT2D eigenvalue weighted by atomic mass is 10.3. The van der Waals surface area contributed by atoms with Crippen LogP contribution in [0.5, 0.6) is 0 Å². The van der Waals surface area contributed by atoms with Crippen LogP contribution in [-0.2, 0) is 6.42 Å². The van der Waals surface area contributed by atoms with Gasteiger partial charge in [-0.25, -0.2) is 9.97 Å². The SMILES string of the molecule is CCCNCCN(C)c1ncnc2sc(CC)cc12. The fraction of sp³-hybridized carbons (Fsp3) is 0.571. The Balaban J connectivity index is 2.12. The van der Waals surface area contributed by atoms with Crippen LogP contribution in [0, 0.1) is 0 Å². The Morgan fingerprint density at radius 2 is 2.11 bits per heavy atom. The molecule has 104 valence electrons. The van der Waals surface area contributed by atoms with E-state index < -0.39 is 0 Å². The Kier molecular flexibility index (Phi) is 5.10. The fourth-order valence-corrected chi connectivity index (χ4v) is 2.96. The lowest BCUT2D eigenvalue weighted by molar-refractivity contribution is 0.664. The van der Waals surface area contributed by atoms with E-state index in [2.05, 4.69) is 47.1 Å². The van der Waals surface area contributed by atoms with Crippen LogP contribution in [0.2, 0.25) is 0 Å². The Morgan fingerprint density at radius 3 is 2.84 bits per heavy atom. The number of hydrogen-bond acceptors (Lipinski definition) is 5. The zero-order chi connectivity index (χ0) is 13.7. The number of hydrogen-bond donors (Lipinski definition) is 1. The standard InChI is InChI=1S/C14H22N4S/c1-4-6-15-7-8-18(3)13-12-9-11(5-2)19-14(12)17-10-16-13/h9-10,15H,4-8H2,1-3H3. The Morgan fingerprint density at radius 1 is 1.26 bits per heavy atom. The number of likely N-dealkylation sites (N-methyl/N-ethyl adjacent to an activating group) is 1. The van der Waals surface area contributed by atoms with Crippen LogP contribution >= 0.6 is 11.3 Å². The molecule has 0 radical (unpaired) electrons. The summed E-state index contributed by atoms with van der Waals surface area (Å²) in [6.45, 7) is 7.38. The zero-order valence-corrected chi connectivity index (χ0v) is 12.8. The molecule has 1 N–H and O–H groups in total. The van der Waals surface area contributed by atoms with E-state index in [-0.39, 0.29) is 0 Å². The second kappa shape index (κ2) is 6.82. The van der Waals surface area contributed by atoms with Crippen LogP contribution in [0.15, 0.2) is 12.4 Å². The summed E-state index contributed by atoms with van der Waals surface area (Å²) in [5, 5.41) is 4.60. The van der Waals surface area contributed by atoms with Crippen molar-refractivity contribution in [1.29, 1.82) is 0 Å². The van der Waals surface area contributed by atoms with Crippen molar-refractivity contribution in [3.8, 4) is 0 Å². The van der Waals surface area contributed by atoms with E-state index in [1.54, 1.807) is 17.7 Å². The maximum atomic E-state index is 4.45. The van der Waals surface area contributed by atoms with E-state index in [9.17, 15) is 0 Å². The molecule has 4 nitrogen and oxygen atoms in total. The molecule has 19 heavy (non-hydrogen) atoms. The quantitative estimate of drug-likeness (QED) is 0.791. The molecule has 0 spiro atoms. The molecule has 5 heteroatoms. The number of nitrogens with zero attached hydrogens (tertiary/aromatic N) is 3. The summed E-state index contributed by atoms with van der Waals surface area (Å²) in [5.74, 6) is 1.04. The lowest BCUT2D eigenvalue weighted by Crippen LogP contribution is -2.30. The number of rotatable bonds is 7. The van der Waals surface area contributed by atoms with Gasteiger partial charge in [-0.1, -0.05) is 13.8 Å². The van der Waals surface area contributed by atoms with Crippen molar-refractivity contribution in [3.63, 3.8) is 0 Å². The predicted octanol–water partition coefficient (Wildman–Crippen LogP) is 2.69. The molecule has 0 aliphatic rings. The smallest absolute Gasteiger partial charge is 0.140 e. The summed E-state index contributed by atoms with van der Waals surface area (Å²) in [4.78, 5) is 13.5. The van der Waals surface area contributed by atoms with Crippen LogP contribution in [0.3, 0.4) is 0 Å². The predicted molar refractivity (Wildman–Crippen MR) is 83.2 cm³/mol. The molecule has 0 saturated carbocycles. The van der Waals surface area contributed by atoms with E-state index in [0.717, 1.165) is 36.7 Å². The Labute approximate surface area is 118 Å². The minimum absolute atomic E-state index is 0.962. The average molecular weight is 278 g/mol. The molecular formula is C14H22N4S. The number of fused-ring (bicyclic) bond motifs is 1. The minimum atomic E-state index is 0.962. The van der Waals surface area contributed by atoms with Crippen molar-refractivity contribution in [2.75, 3.05) is 31.6 Å². The first-order valence-corrected chi connectivity index (χ1v) is 7.73. The van der Waals surface area contributed by atoms with Crippen LogP contribution in [-0.4, -0.2) is 36.6 Å². The van der Waals surface area contributed by atoms with Gasteiger partial charge >= 0.3 is 0 Å². The number of nitrogens with one attached hydrogen (secondary N) is 1. The highest BCUT2D eigenvalue weighted by molar-refractivity contribution is 7.18. The second-order valence-corrected chi connectivity index (χ2v) is 5.77. The van der Waals surface area contributed by atoms with Gasteiger partial charge in [0.25, 0.3) is 0 Å². The first-order chi connectivity index (χ1) is 9.26. The summed E-state index contributed by atoms with van der Waals surface area (Å²) < 4.78 is 0. The molecule has 0 aromatic carbocycles. The van der Waals surface area contributed by atoms with Crippen molar-refractivity contribution < 1.29 is 0 Å². The topological polar surface area (TPSA) is 41.0 Å². The molecule has 0 bridgehead atoms. The van der Waals surface area contributed by atoms with Gasteiger partial charge < -0.3 is 10.2 Å². The van der Waals surface area contributed by atoms with Crippen LogP contribution in [0.25, 0.3) is 10.2 Å². The van der Waals surface area contributed by atoms with Gasteiger partial charge in [-0.3, -0.25) is 0 Å². The minimum Gasteiger partial charge on any atom is -0.358 e. The summed E-state index contributed by atoms with van der Waals surface area (Å²) in [5.41, 5.74) is 0. The summed E-state index contributed by atoms with van der Waals surface area (Å²) >= 11 is 1.77. The second-order valence-electron chi connectivity index (χ2n) is 4.65. The molecule has 0 saturated heterocycles. The Bertz CT molecular complexity index is 523. The van der Waals surface area contributed by atoms with Gasteiger partial charge in [-0.2, -0.15) is 0 Å². The normalized spacial score (nSPS) is 11.1. The van der Waals surface area contributed by atoms with E-state index >= 15 is 0 Å². The van der Waals surface area contributed by atoms with Crippen LogP contribution in [0.1, 0.15) is 25.1 Å². The lowest BCUT2D eigenvalue weighted by Gasteiger charge is -2.18. The Hall–Kier alpha value is -1.20. The van der Waals surface area contributed by atoms with Crippen molar-refractivity contribution in [3.05, 3.63) is 17.3 Å². The third-order valence-electron chi connectivity index (χ3n) is 3.12. The summed E-state index contributed by atoms with van der Waals surface area (Å²) in [7, 11) is 2.10. The molecule has 2 aromatic rings. The average Bonchev–Trinajstić information content (AvgIpc) is 2.86. The molecule has 2 heterocycles. The maximum absolute atomic E-state index is 4.45. The zero-order valence-electron chi connectivity index (χ0n) is 11.9. The monoisotopic (exact) mass is 278 g/mol. The third kappa shape index (κ3) is 3.42. The molecule has 0 aliphatic carbocycles. The summed E-state index contributed by atoms with van der Waals surface area (Å²) in [6.07, 6.45) is 3.90. The molecule has 2 rings (SSSR count). The molecule has 0 amide bonds. The molecule has 0 unspecified atom stereocenters. The number of aromatic nitrogens is 2. The van der Waals surface area contributed by atoms with Gasteiger partial charge in [0.05, 0.1) is 5.39 Å². The highest BCUT2D eigenvalue weighted by Crippen LogP contribution is 2.29. The van der Waals surface area contributed by atoms with Crippen LogP contribution < -0.4 is 10.2 Å². The number of aryl methyl sites for hydroxylation is 1. The first kappa shape index (κ1) is 14.2. The first-order valence-electron chi connectivity index (χ1n) is 6.91. The van der Waals surface area contributed by atoms with Crippen molar-refractivity contribution in [2.24, 2.45) is 0 Å². The van der Waals surface area contributed by atoms with E-state index in [1.165, 1.54) is 16.7 Å². The van der Waals surface area contributed by atoms with Crippen molar-refractivity contribution in [2.45, 2.75) is 26.7 Å². The van der Waals surface area contributed by atoms with Gasteiger partial charge in [0.1, 0.15) is 17.0 Å². The van der Waals surface area contributed by atoms with Gasteiger partial charge in [-0.05, 0) is 25.5 Å². The van der Waals surface area contributed by atoms with Crippen molar-refractivity contribution in [1.82, 2.24) is 15.3 Å². The van der Waals surface area contributed by atoms with Gasteiger partial charge in [0.15, 0.2) is 0 Å². The van der Waals surface area contributed by atoms with E-state index in [4.69, 9.17) is 0 Å². The highest BCUT2D eigenvalue weighted by Gasteiger charge is 2.11. The van der Waals surface area contributed by atoms with Crippen LogP contribution in [0.4, 0.5) is 5.82 Å². The molecular weight excluding hydrogens is 256 g/mol. The largest absolute Gasteiger partial charge is 0.358 e. The number of thiophene rings is 1. The molecule has 0 aliphatic heterocycles. The molecule has 0 atom stereocenters.